The Morgan fingerprint density at radius 2 is 2.05 bits per heavy atom. The van der Waals surface area contributed by atoms with Gasteiger partial charge in [-0.1, -0.05) is 17.7 Å². The van der Waals surface area contributed by atoms with Crippen LogP contribution in [0.15, 0.2) is 18.2 Å². The molecule has 0 unspecified atom stereocenters. The van der Waals surface area contributed by atoms with Crippen molar-refractivity contribution in [1.29, 1.82) is 0 Å². The van der Waals surface area contributed by atoms with Crippen molar-refractivity contribution < 1.29 is 4.39 Å². The molecule has 19 heavy (non-hydrogen) atoms. The Bertz CT molecular complexity index is 395. The largest absolute Gasteiger partial charge is 0.317 e. The Morgan fingerprint density at radius 1 is 1.37 bits per heavy atom. The first-order valence-corrected chi connectivity index (χ1v) is 6.86. The van der Waals surface area contributed by atoms with E-state index in [0.29, 0.717) is 0 Å². The van der Waals surface area contributed by atoms with Gasteiger partial charge in [-0.25, -0.2) is 4.39 Å². The summed E-state index contributed by atoms with van der Waals surface area (Å²) in [5, 5.41) is 3.56. The maximum absolute atomic E-state index is 13.3. The van der Waals surface area contributed by atoms with Crippen LogP contribution >= 0.6 is 24.0 Å². The maximum Gasteiger partial charge on any atom is 0.142 e. The van der Waals surface area contributed by atoms with Crippen molar-refractivity contribution >= 4 is 24.0 Å². The lowest BCUT2D eigenvalue weighted by Crippen LogP contribution is -2.34. The number of nitrogens with zero attached hydrogens (tertiary/aromatic N) is 1. The summed E-state index contributed by atoms with van der Waals surface area (Å²) in [4.78, 5) is 2.26. The molecule has 1 aromatic rings. The summed E-state index contributed by atoms with van der Waals surface area (Å²) in [6.07, 6.45) is 2.47. The Hall–Kier alpha value is -0.350. The molecule has 0 radical (unpaired) electrons. The maximum atomic E-state index is 13.3. The van der Waals surface area contributed by atoms with Crippen LogP contribution in [0.25, 0.3) is 0 Å². The van der Waals surface area contributed by atoms with Crippen molar-refractivity contribution in [2.45, 2.75) is 19.4 Å². The van der Waals surface area contributed by atoms with E-state index < -0.39 is 0 Å². The third-order valence-corrected chi connectivity index (χ3v) is 3.77. The molecule has 0 aromatic heterocycles. The molecule has 1 aliphatic heterocycles. The van der Waals surface area contributed by atoms with Crippen LogP contribution in [0.2, 0.25) is 5.02 Å². The third-order valence-electron chi connectivity index (χ3n) is 3.47. The normalized spacial score (nSPS) is 16.4. The summed E-state index contributed by atoms with van der Waals surface area (Å²) in [5.41, 5.74) is 0.980. The van der Waals surface area contributed by atoms with Crippen LogP contribution in [0.5, 0.6) is 0 Å². The van der Waals surface area contributed by atoms with E-state index in [1.54, 1.807) is 6.07 Å². The van der Waals surface area contributed by atoms with E-state index in [9.17, 15) is 4.39 Å². The van der Waals surface area contributed by atoms with Gasteiger partial charge < -0.3 is 10.2 Å². The smallest absolute Gasteiger partial charge is 0.142 e. The molecule has 1 heterocycles. The van der Waals surface area contributed by atoms with Gasteiger partial charge in [0.2, 0.25) is 0 Å². The fourth-order valence-corrected chi connectivity index (χ4v) is 2.64. The van der Waals surface area contributed by atoms with Crippen molar-refractivity contribution in [3.63, 3.8) is 0 Å². The highest BCUT2D eigenvalue weighted by Gasteiger charge is 2.15. The number of hydrogen-bond donors (Lipinski definition) is 1. The fraction of sp³-hybridized carbons (Fsp3) is 0.571. The van der Waals surface area contributed by atoms with Crippen molar-refractivity contribution in [3.05, 3.63) is 34.6 Å². The van der Waals surface area contributed by atoms with Gasteiger partial charge in [0.05, 0.1) is 5.02 Å². The highest BCUT2D eigenvalue weighted by atomic mass is 35.5. The second kappa shape index (κ2) is 8.05. The molecule has 1 aromatic carbocycles. The van der Waals surface area contributed by atoms with Crippen LogP contribution in [-0.2, 0) is 6.54 Å². The van der Waals surface area contributed by atoms with Crippen LogP contribution in [0.1, 0.15) is 18.4 Å². The van der Waals surface area contributed by atoms with Gasteiger partial charge in [0.15, 0.2) is 0 Å². The van der Waals surface area contributed by atoms with Crippen molar-refractivity contribution in [1.82, 2.24) is 10.2 Å². The summed E-state index contributed by atoms with van der Waals surface area (Å²) >= 11 is 5.68. The Morgan fingerprint density at radius 3 is 2.68 bits per heavy atom. The molecule has 0 amide bonds. The average molecular weight is 307 g/mol. The van der Waals surface area contributed by atoms with Crippen LogP contribution in [0, 0.1) is 11.7 Å². The van der Waals surface area contributed by atoms with E-state index >= 15 is 0 Å². The molecule has 5 heteroatoms. The summed E-state index contributed by atoms with van der Waals surface area (Å²) in [7, 11) is 2.09. The summed E-state index contributed by atoms with van der Waals surface area (Å²) in [5.74, 6) is 0.429. The Kier molecular flexibility index (Phi) is 7.08. The molecular formula is C14H21Cl2FN2. The fourth-order valence-electron chi connectivity index (χ4n) is 2.52. The molecule has 0 saturated carbocycles. The molecule has 0 atom stereocenters. The topological polar surface area (TPSA) is 15.3 Å². The van der Waals surface area contributed by atoms with Gasteiger partial charge in [-0.3, -0.25) is 0 Å². The van der Waals surface area contributed by atoms with E-state index in [4.69, 9.17) is 11.6 Å². The molecule has 1 aliphatic rings. The second-order valence-corrected chi connectivity index (χ2v) is 5.55. The van der Waals surface area contributed by atoms with E-state index in [-0.39, 0.29) is 23.2 Å². The Balaban J connectivity index is 0.00000180. The molecule has 0 bridgehead atoms. The zero-order chi connectivity index (χ0) is 13.0. The SMILES string of the molecule is CN(Cc1ccc(Cl)c(F)c1)CC1CCNCC1.Cl. The van der Waals surface area contributed by atoms with Gasteiger partial charge in [0, 0.05) is 13.1 Å². The Labute approximate surface area is 125 Å². The van der Waals surface area contributed by atoms with Gasteiger partial charge in [0.1, 0.15) is 5.82 Å². The van der Waals surface area contributed by atoms with E-state index in [2.05, 4.69) is 17.3 Å². The van der Waals surface area contributed by atoms with Gasteiger partial charge in [-0.15, -0.1) is 12.4 Å². The minimum Gasteiger partial charge on any atom is -0.317 e. The van der Waals surface area contributed by atoms with Gasteiger partial charge in [-0.05, 0) is 56.6 Å². The van der Waals surface area contributed by atoms with E-state index in [0.717, 1.165) is 37.7 Å². The molecule has 2 rings (SSSR count). The average Bonchev–Trinajstić information content (AvgIpc) is 2.35. The molecule has 2 nitrogen and oxygen atoms in total. The molecule has 0 spiro atoms. The number of halogens is 3. The lowest BCUT2D eigenvalue weighted by Gasteiger charge is -2.27. The molecular weight excluding hydrogens is 286 g/mol. The van der Waals surface area contributed by atoms with Gasteiger partial charge in [-0.2, -0.15) is 0 Å². The number of rotatable bonds is 4. The first-order valence-electron chi connectivity index (χ1n) is 6.48. The first kappa shape index (κ1) is 16.7. The number of nitrogens with one attached hydrogen (secondary N) is 1. The highest BCUT2D eigenvalue weighted by Crippen LogP contribution is 2.18. The van der Waals surface area contributed by atoms with Crippen LogP contribution in [0.3, 0.4) is 0 Å². The molecule has 108 valence electrons. The molecule has 1 N–H and O–H groups in total. The first-order chi connectivity index (χ1) is 8.65. The monoisotopic (exact) mass is 306 g/mol. The van der Waals surface area contributed by atoms with Gasteiger partial charge >= 0.3 is 0 Å². The summed E-state index contributed by atoms with van der Waals surface area (Å²) in [6, 6.07) is 5.05. The second-order valence-electron chi connectivity index (χ2n) is 5.14. The summed E-state index contributed by atoms with van der Waals surface area (Å²) < 4.78 is 13.3. The van der Waals surface area contributed by atoms with E-state index in [1.165, 1.54) is 18.9 Å². The quantitative estimate of drug-likeness (QED) is 0.918. The van der Waals surface area contributed by atoms with Gasteiger partial charge in [0.25, 0.3) is 0 Å². The third kappa shape index (κ3) is 5.27. The van der Waals surface area contributed by atoms with Crippen LogP contribution in [-0.4, -0.2) is 31.6 Å². The predicted molar refractivity (Wildman–Crippen MR) is 80.6 cm³/mol. The number of benzene rings is 1. The minimum atomic E-state index is -0.329. The highest BCUT2D eigenvalue weighted by molar-refractivity contribution is 6.30. The van der Waals surface area contributed by atoms with Crippen molar-refractivity contribution in [3.8, 4) is 0 Å². The molecule has 1 fully saturated rings. The lowest BCUT2D eigenvalue weighted by atomic mass is 9.97. The van der Waals surface area contributed by atoms with Crippen molar-refractivity contribution in [2.24, 2.45) is 5.92 Å². The zero-order valence-electron chi connectivity index (χ0n) is 11.2. The predicted octanol–water partition coefficient (Wildman–Crippen LogP) is 3.33. The standard InChI is InChI=1S/C14H20ClFN2.ClH/c1-18(9-11-4-6-17-7-5-11)10-12-2-3-13(15)14(16)8-12;/h2-3,8,11,17H,4-7,9-10H2,1H3;1H. The van der Waals surface area contributed by atoms with Crippen molar-refractivity contribution in [2.75, 3.05) is 26.7 Å². The van der Waals surface area contributed by atoms with Crippen LogP contribution in [0.4, 0.5) is 4.39 Å². The zero-order valence-corrected chi connectivity index (χ0v) is 12.7. The van der Waals surface area contributed by atoms with E-state index in [1.807, 2.05) is 6.07 Å². The number of piperidine rings is 1. The molecule has 0 aliphatic carbocycles. The van der Waals surface area contributed by atoms with Crippen LogP contribution < -0.4 is 5.32 Å². The minimum absolute atomic E-state index is 0. The summed E-state index contributed by atoms with van der Waals surface area (Å²) in [6.45, 7) is 4.09. The lowest BCUT2D eigenvalue weighted by molar-refractivity contribution is 0.234. The number of hydrogen-bond acceptors (Lipinski definition) is 2. The molecule has 1 saturated heterocycles.